The van der Waals surface area contributed by atoms with E-state index >= 15 is 0 Å². The van der Waals surface area contributed by atoms with Gasteiger partial charge in [-0.1, -0.05) is 11.8 Å². The highest BCUT2D eigenvalue weighted by Gasteiger charge is 2.24. The number of nitrogens with zero attached hydrogens (tertiary/aromatic N) is 2. The normalized spacial score (nSPS) is 19.4. The standard InChI is InChI=1S/C13H15N3O2S2/c1-8(17)16-4-5-18-12(7-16)20-13-15-10-3-2-9(14)6-11(10)19-13/h2-3,6,12H,4-5,7,14H2,1H3. The molecule has 2 heterocycles. The first-order valence-electron chi connectivity index (χ1n) is 6.31. The van der Waals surface area contributed by atoms with Gasteiger partial charge in [0.15, 0.2) is 4.34 Å². The molecule has 0 spiro atoms. The van der Waals surface area contributed by atoms with Crippen LogP contribution < -0.4 is 5.73 Å². The van der Waals surface area contributed by atoms with Crippen LogP contribution in [-0.2, 0) is 9.53 Å². The number of carbonyl (C=O) groups excluding carboxylic acids is 1. The second-order valence-electron chi connectivity index (χ2n) is 4.59. The fourth-order valence-corrected chi connectivity index (χ4v) is 4.38. The van der Waals surface area contributed by atoms with Gasteiger partial charge in [-0.3, -0.25) is 4.79 Å². The van der Waals surface area contributed by atoms with E-state index in [1.807, 2.05) is 23.1 Å². The van der Waals surface area contributed by atoms with E-state index < -0.39 is 0 Å². The highest BCUT2D eigenvalue weighted by molar-refractivity contribution is 8.01. The van der Waals surface area contributed by atoms with Gasteiger partial charge in [0, 0.05) is 19.2 Å². The quantitative estimate of drug-likeness (QED) is 0.861. The molecule has 7 heteroatoms. The predicted molar refractivity (Wildman–Crippen MR) is 81.9 cm³/mol. The Labute approximate surface area is 125 Å². The van der Waals surface area contributed by atoms with Gasteiger partial charge in [0.05, 0.1) is 23.4 Å². The lowest BCUT2D eigenvalue weighted by Gasteiger charge is -2.31. The first kappa shape index (κ1) is 13.7. The Morgan fingerprint density at radius 1 is 1.60 bits per heavy atom. The third-order valence-corrected chi connectivity index (χ3v) is 5.30. The zero-order chi connectivity index (χ0) is 14.1. The third kappa shape index (κ3) is 2.89. The number of ether oxygens (including phenoxy) is 1. The predicted octanol–water partition coefficient (Wildman–Crippen LogP) is 2.18. The van der Waals surface area contributed by atoms with E-state index in [2.05, 4.69) is 4.98 Å². The molecule has 106 valence electrons. The lowest BCUT2D eigenvalue weighted by atomic mass is 10.3. The summed E-state index contributed by atoms with van der Waals surface area (Å²) in [6.07, 6.45) is 0. The summed E-state index contributed by atoms with van der Waals surface area (Å²) in [6.45, 7) is 3.45. The highest BCUT2D eigenvalue weighted by Crippen LogP contribution is 2.34. The van der Waals surface area contributed by atoms with E-state index in [0.717, 1.165) is 20.2 Å². The molecule has 1 aliphatic rings. The van der Waals surface area contributed by atoms with Crippen molar-refractivity contribution in [1.29, 1.82) is 0 Å². The van der Waals surface area contributed by atoms with Gasteiger partial charge in [0.1, 0.15) is 5.44 Å². The van der Waals surface area contributed by atoms with Crippen LogP contribution in [0.4, 0.5) is 5.69 Å². The number of anilines is 1. The number of rotatable bonds is 2. The number of hydrogen-bond donors (Lipinski definition) is 1. The van der Waals surface area contributed by atoms with Crippen LogP contribution in [0.15, 0.2) is 22.5 Å². The van der Waals surface area contributed by atoms with Crippen molar-refractivity contribution < 1.29 is 9.53 Å². The number of benzene rings is 1. The lowest BCUT2D eigenvalue weighted by molar-refractivity contribution is -0.133. The molecular weight excluding hydrogens is 294 g/mol. The van der Waals surface area contributed by atoms with Crippen molar-refractivity contribution in [3.05, 3.63) is 18.2 Å². The minimum Gasteiger partial charge on any atom is -0.399 e. The zero-order valence-electron chi connectivity index (χ0n) is 11.0. The van der Waals surface area contributed by atoms with Gasteiger partial charge in [-0.2, -0.15) is 0 Å². The molecule has 1 aromatic carbocycles. The van der Waals surface area contributed by atoms with Crippen LogP contribution in [-0.4, -0.2) is 40.9 Å². The summed E-state index contributed by atoms with van der Waals surface area (Å²) in [5.41, 5.74) is 7.42. The Morgan fingerprint density at radius 2 is 2.45 bits per heavy atom. The fraction of sp³-hybridized carbons (Fsp3) is 0.385. The maximum atomic E-state index is 11.4. The van der Waals surface area contributed by atoms with Crippen molar-refractivity contribution in [3.63, 3.8) is 0 Å². The number of thioether (sulfide) groups is 1. The molecule has 3 rings (SSSR count). The second kappa shape index (κ2) is 5.59. The number of morpholine rings is 1. The van der Waals surface area contributed by atoms with Crippen molar-refractivity contribution in [1.82, 2.24) is 9.88 Å². The Hall–Kier alpha value is -1.31. The Morgan fingerprint density at radius 3 is 3.25 bits per heavy atom. The van der Waals surface area contributed by atoms with E-state index in [4.69, 9.17) is 10.5 Å². The van der Waals surface area contributed by atoms with Gasteiger partial charge >= 0.3 is 0 Å². The summed E-state index contributed by atoms with van der Waals surface area (Å²) >= 11 is 3.17. The molecule has 1 aromatic heterocycles. The van der Waals surface area contributed by atoms with Gasteiger partial charge in [0.25, 0.3) is 0 Å². The number of hydrogen-bond acceptors (Lipinski definition) is 6. The fourth-order valence-electron chi connectivity index (χ4n) is 2.06. The maximum absolute atomic E-state index is 11.4. The molecule has 0 radical (unpaired) electrons. The number of aromatic nitrogens is 1. The highest BCUT2D eigenvalue weighted by atomic mass is 32.2. The third-order valence-electron chi connectivity index (χ3n) is 3.10. The molecular formula is C13H15N3O2S2. The minimum atomic E-state index is -0.0504. The molecule has 1 atom stereocenters. The maximum Gasteiger partial charge on any atom is 0.219 e. The molecule has 0 aliphatic carbocycles. The van der Waals surface area contributed by atoms with Gasteiger partial charge in [-0.15, -0.1) is 11.3 Å². The molecule has 20 heavy (non-hydrogen) atoms. The lowest BCUT2D eigenvalue weighted by Crippen LogP contribution is -2.43. The second-order valence-corrected chi connectivity index (χ2v) is 7.03. The smallest absolute Gasteiger partial charge is 0.219 e. The summed E-state index contributed by atoms with van der Waals surface area (Å²) in [6, 6.07) is 5.71. The number of thiazole rings is 1. The molecule has 1 saturated heterocycles. The van der Waals surface area contributed by atoms with Gasteiger partial charge in [-0.25, -0.2) is 4.98 Å². The van der Waals surface area contributed by atoms with E-state index in [9.17, 15) is 4.79 Å². The number of nitrogens with two attached hydrogens (primary N) is 1. The van der Waals surface area contributed by atoms with Crippen LogP contribution in [0.2, 0.25) is 0 Å². The molecule has 0 bridgehead atoms. The molecule has 1 unspecified atom stereocenters. The van der Waals surface area contributed by atoms with E-state index in [1.54, 1.807) is 30.0 Å². The summed E-state index contributed by atoms with van der Waals surface area (Å²) in [5.74, 6) is 0.0935. The van der Waals surface area contributed by atoms with Crippen LogP contribution in [0, 0.1) is 0 Å². The monoisotopic (exact) mass is 309 g/mol. The van der Waals surface area contributed by atoms with E-state index in [0.29, 0.717) is 19.7 Å². The van der Waals surface area contributed by atoms with Crippen LogP contribution in [0.1, 0.15) is 6.92 Å². The summed E-state index contributed by atoms with van der Waals surface area (Å²) in [7, 11) is 0. The van der Waals surface area contributed by atoms with Gasteiger partial charge in [0.2, 0.25) is 5.91 Å². The zero-order valence-corrected chi connectivity index (χ0v) is 12.7. The molecule has 0 saturated carbocycles. The topological polar surface area (TPSA) is 68.5 Å². The first-order chi connectivity index (χ1) is 9.61. The van der Waals surface area contributed by atoms with Crippen molar-refractivity contribution in [3.8, 4) is 0 Å². The Bertz CT molecular complexity index is 644. The average Bonchev–Trinajstić information content (AvgIpc) is 2.80. The van der Waals surface area contributed by atoms with Crippen molar-refractivity contribution in [2.45, 2.75) is 16.7 Å². The summed E-state index contributed by atoms with van der Waals surface area (Å²) in [4.78, 5) is 17.8. The summed E-state index contributed by atoms with van der Waals surface area (Å²) in [5, 5.41) is 0. The number of nitrogen functional groups attached to an aromatic ring is 1. The number of carbonyl (C=O) groups is 1. The van der Waals surface area contributed by atoms with Crippen molar-refractivity contribution >= 4 is 44.9 Å². The average molecular weight is 309 g/mol. The number of amides is 1. The Kier molecular flexibility index (Phi) is 3.82. The van der Waals surface area contributed by atoms with E-state index in [1.165, 1.54) is 0 Å². The van der Waals surface area contributed by atoms with Crippen LogP contribution >= 0.6 is 23.1 Å². The van der Waals surface area contributed by atoms with Crippen molar-refractivity contribution in [2.75, 3.05) is 25.4 Å². The van der Waals surface area contributed by atoms with Gasteiger partial charge < -0.3 is 15.4 Å². The Balaban J connectivity index is 1.74. The molecule has 1 aliphatic heterocycles. The van der Waals surface area contributed by atoms with Gasteiger partial charge in [-0.05, 0) is 18.2 Å². The molecule has 5 nitrogen and oxygen atoms in total. The SMILES string of the molecule is CC(=O)N1CCOC(Sc2nc3ccc(N)cc3s2)C1. The minimum absolute atomic E-state index is 0.0504. The van der Waals surface area contributed by atoms with E-state index in [-0.39, 0.29) is 11.3 Å². The molecule has 2 aromatic rings. The van der Waals surface area contributed by atoms with Crippen LogP contribution in [0.5, 0.6) is 0 Å². The largest absolute Gasteiger partial charge is 0.399 e. The summed E-state index contributed by atoms with van der Waals surface area (Å²) < 4.78 is 7.71. The van der Waals surface area contributed by atoms with Crippen LogP contribution in [0.25, 0.3) is 10.2 Å². The molecule has 1 fully saturated rings. The van der Waals surface area contributed by atoms with Crippen molar-refractivity contribution in [2.24, 2.45) is 0 Å². The molecule has 2 N–H and O–H groups in total. The molecule has 1 amide bonds. The van der Waals surface area contributed by atoms with Crippen LogP contribution in [0.3, 0.4) is 0 Å². The first-order valence-corrected chi connectivity index (χ1v) is 8.01. The number of fused-ring (bicyclic) bond motifs is 1.